The minimum atomic E-state index is -6.97. The second kappa shape index (κ2) is 4.36. The highest BCUT2D eigenvalue weighted by atomic mass is 19.4. The van der Waals surface area contributed by atoms with Gasteiger partial charge in [0.25, 0.3) is 0 Å². The summed E-state index contributed by atoms with van der Waals surface area (Å²) in [5, 5.41) is 12.5. The van der Waals surface area contributed by atoms with Crippen LogP contribution in [0, 0.1) is 0 Å². The molecule has 0 aromatic heterocycles. The molecule has 0 saturated carbocycles. The molecule has 0 spiro atoms. The van der Waals surface area contributed by atoms with Crippen LogP contribution < -0.4 is 0 Å². The van der Waals surface area contributed by atoms with Gasteiger partial charge in [0.15, 0.2) is 0 Å². The maximum Gasteiger partial charge on any atom is 0.491 e. The van der Waals surface area contributed by atoms with Gasteiger partial charge in [0, 0.05) is 10.1 Å². The Kier molecular flexibility index (Phi) is 4.15. The molecule has 0 amide bonds. The molecule has 0 atom stereocenters. The zero-order chi connectivity index (χ0) is 15.2. The lowest BCUT2D eigenvalue weighted by Gasteiger charge is -2.33. The highest BCUT2D eigenvalue weighted by Gasteiger charge is 2.75. The Morgan fingerprint density at radius 1 is 0.500 bits per heavy atom. The van der Waals surface area contributed by atoms with Gasteiger partial charge in [-0.3, -0.25) is 0 Å². The molecule has 18 heavy (non-hydrogen) atoms. The first kappa shape index (κ1) is 17.1. The molecule has 0 fully saturated rings. The highest BCUT2D eigenvalue weighted by molar-refractivity contribution is 4.80. The summed E-state index contributed by atoms with van der Waals surface area (Å²) >= 11 is 0. The van der Waals surface area contributed by atoms with Crippen molar-refractivity contribution in [3.63, 3.8) is 0 Å². The first-order valence-corrected chi connectivity index (χ1v) is 3.40. The summed E-state index contributed by atoms with van der Waals surface area (Å²) in [6.07, 6.45) is -13.3. The third-order valence-electron chi connectivity index (χ3n) is 1.33. The van der Waals surface area contributed by atoms with E-state index < -0.39 is 34.8 Å². The van der Waals surface area contributed by atoms with E-state index in [9.17, 15) is 54.3 Å². The van der Waals surface area contributed by atoms with Crippen LogP contribution >= 0.6 is 0 Å². The van der Waals surface area contributed by atoms with Crippen molar-refractivity contribution in [1.29, 1.82) is 0 Å². The number of rotatable bonds is 3. The Hall–Kier alpha value is -0.860. The number of hydrogen-bond donors (Lipinski definition) is 0. The van der Waals surface area contributed by atoms with E-state index in [1.165, 1.54) is 0 Å². The molecule has 0 unspecified atom stereocenters. The van der Waals surface area contributed by atoms with Crippen LogP contribution in [0.4, 0.5) is 43.9 Å². The lowest BCUT2D eigenvalue weighted by Crippen LogP contribution is -2.65. The number of alkyl halides is 10. The van der Waals surface area contributed by atoms with Gasteiger partial charge in [-0.25, -0.2) is 0 Å². The predicted molar refractivity (Wildman–Crippen MR) is 27.1 cm³/mol. The second-order valence-electron chi connectivity index (χ2n) is 2.61. The minimum Gasteiger partial charge on any atom is -0.177 e. The molecule has 108 valence electrons. The monoisotopic (exact) mass is 298 g/mol. The maximum absolute atomic E-state index is 12.3. The number of hydroxylamine groups is 4. The molecule has 2 radical (unpaired) electrons. The Labute approximate surface area is 90.5 Å². The second-order valence-corrected chi connectivity index (χ2v) is 2.61. The van der Waals surface area contributed by atoms with Crippen LogP contribution in [0.2, 0.25) is 0 Å². The van der Waals surface area contributed by atoms with E-state index in [-0.39, 0.29) is 0 Å². The quantitative estimate of drug-likeness (QED) is 0.456. The van der Waals surface area contributed by atoms with Gasteiger partial charge >= 0.3 is 24.7 Å². The van der Waals surface area contributed by atoms with Gasteiger partial charge in [-0.15, -0.1) is 10.4 Å². The summed E-state index contributed by atoms with van der Waals surface area (Å²) in [6.45, 7) is 0. The van der Waals surface area contributed by atoms with Gasteiger partial charge in [-0.2, -0.15) is 43.9 Å². The van der Waals surface area contributed by atoms with Crippen molar-refractivity contribution < 1.29 is 54.3 Å². The van der Waals surface area contributed by atoms with E-state index in [4.69, 9.17) is 0 Å². The molecule has 0 bridgehead atoms. The highest BCUT2D eigenvalue weighted by Crippen LogP contribution is 2.45. The number of hydrogen-bond acceptors (Lipinski definition) is 2. The normalized spacial score (nSPS) is 15.7. The Morgan fingerprint density at radius 2 is 0.667 bits per heavy atom. The van der Waals surface area contributed by atoms with Gasteiger partial charge in [0.05, 0.1) is 0 Å². The van der Waals surface area contributed by atoms with E-state index in [0.717, 1.165) is 0 Å². The first-order valence-electron chi connectivity index (χ1n) is 3.40. The van der Waals surface area contributed by atoms with E-state index in [0.29, 0.717) is 0 Å². The lowest BCUT2D eigenvalue weighted by molar-refractivity contribution is -0.556. The topological polar surface area (TPSA) is 46.3 Å². The van der Waals surface area contributed by atoms with Crippen LogP contribution in [0.1, 0.15) is 0 Å². The van der Waals surface area contributed by atoms with Gasteiger partial charge in [-0.05, 0) is 0 Å². The van der Waals surface area contributed by atoms with Crippen LogP contribution in [0.3, 0.4) is 0 Å². The summed E-state index contributed by atoms with van der Waals surface area (Å²) in [6, 6.07) is -13.9. The Morgan fingerprint density at radius 3 is 0.778 bits per heavy atom. The minimum absolute atomic E-state index is 3.54. The maximum atomic E-state index is 12.3. The Bertz CT molecular complexity index is 267. The molecule has 0 aliphatic rings. The molecule has 0 rings (SSSR count). The standard InChI is InChI=1S/C4F10N2O2/c5-1(6,15(17)3(9,10)11)2(7,8)16(18)4(12,13)14. The molecular weight excluding hydrogens is 298 g/mol. The molecule has 14 heteroatoms. The van der Waals surface area contributed by atoms with Crippen molar-refractivity contribution in [2.75, 3.05) is 0 Å². The SMILES string of the molecule is [O]N(C(F)(F)F)C(F)(F)C(F)(F)N([O])C(F)(F)F. The lowest BCUT2D eigenvalue weighted by atomic mass is 10.4. The molecule has 4 nitrogen and oxygen atoms in total. The zero-order valence-electron chi connectivity index (χ0n) is 7.49. The first-order chi connectivity index (χ1) is 7.56. The van der Waals surface area contributed by atoms with Crippen molar-refractivity contribution >= 4 is 0 Å². The molecule has 0 aliphatic carbocycles. The third-order valence-corrected chi connectivity index (χ3v) is 1.33. The van der Waals surface area contributed by atoms with Crippen molar-refractivity contribution in [3.8, 4) is 0 Å². The Balaban J connectivity index is 5.46. The van der Waals surface area contributed by atoms with Crippen LogP contribution in [0.5, 0.6) is 0 Å². The molecular formula is C4F10N2O2. The average Bonchev–Trinajstić information content (AvgIpc) is 2.12. The van der Waals surface area contributed by atoms with E-state index in [1.807, 2.05) is 0 Å². The average molecular weight is 298 g/mol. The summed E-state index contributed by atoms with van der Waals surface area (Å²) in [4.78, 5) is 0. The van der Waals surface area contributed by atoms with Crippen LogP contribution in [-0.2, 0) is 10.4 Å². The van der Waals surface area contributed by atoms with E-state index >= 15 is 0 Å². The van der Waals surface area contributed by atoms with Crippen molar-refractivity contribution in [2.45, 2.75) is 24.7 Å². The van der Waals surface area contributed by atoms with Crippen LogP contribution in [0.25, 0.3) is 0 Å². The molecule has 0 aromatic carbocycles. The van der Waals surface area contributed by atoms with Crippen LogP contribution in [-0.4, -0.2) is 34.8 Å². The molecule has 0 saturated heterocycles. The molecule has 0 N–H and O–H groups in total. The van der Waals surface area contributed by atoms with Gasteiger partial charge in [0.2, 0.25) is 0 Å². The smallest absolute Gasteiger partial charge is 0.177 e. The van der Waals surface area contributed by atoms with Crippen molar-refractivity contribution in [3.05, 3.63) is 0 Å². The summed E-state index contributed by atoms with van der Waals surface area (Å²) < 4.78 is 118. The third kappa shape index (κ3) is 2.93. The fraction of sp³-hybridized carbons (Fsp3) is 1.00. The summed E-state index contributed by atoms with van der Waals surface area (Å²) in [7, 11) is 0. The largest absolute Gasteiger partial charge is 0.491 e. The van der Waals surface area contributed by atoms with Crippen molar-refractivity contribution in [2.24, 2.45) is 0 Å². The summed E-state index contributed by atoms with van der Waals surface area (Å²) in [5.41, 5.74) is 0. The number of halogens is 10. The van der Waals surface area contributed by atoms with Crippen LogP contribution in [0.15, 0.2) is 0 Å². The number of nitrogens with zero attached hydrogens (tertiary/aromatic N) is 2. The van der Waals surface area contributed by atoms with Crippen molar-refractivity contribution in [1.82, 2.24) is 10.1 Å². The van der Waals surface area contributed by atoms with Gasteiger partial charge < -0.3 is 0 Å². The van der Waals surface area contributed by atoms with E-state index in [2.05, 4.69) is 0 Å². The van der Waals surface area contributed by atoms with Gasteiger partial charge in [-0.1, -0.05) is 0 Å². The predicted octanol–water partition coefficient (Wildman–Crippen LogP) is 2.51. The fourth-order valence-corrected chi connectivity index (χ4v) is 0.563. The zero-order valence-corrected chi connectivity index (χ0v) is 7.49. The molecule has 0 heterocycles. The molecule has 0 aliphatic heterocycles. The van der Waals surface area contributed by atoms with E-state index in [1.54, 1.807) is 0 Å². The van der Waals surface area contributed by atoms with Gasteiger partial charge in [0.1, 0.15) is 0 Å². The molecule has 0 aromatic rings. The fourth-order valence-electron chi connectivity index (χ4n) is 0.563. The summed E-state index contributed by atoms with van der Waals surface area (Å²) in [5.74, 6) is 0.